The number of rotatable bonds is 5. The summed E-state index contributed by atoms with van der Waals surface area (Å²) in [5.74, 6) is -0.325. The normalized spacial score (nSPS) is 21.1. The standard InChI is InChI=1S/C11H22N4O2/c1-2-5-13-9-4-3-6-15(7-9)8-10(16)14-11(12)17/h9,13H,2-8H2,1H3,(H3,12,14,16,17). The largest absolute Gasteiger partial charge is 0.351 e. The highest BCUT2D eigenvalue weighted by molar-refractivity contribution is 5.94. The minimum atomic E-state index is -0.785. The lowest BCUT2D eigenvalue weighted by atomic mass is 10.1. The molecule has 1 heterocycles. The first-order valence-corrected chi connectivity index (χ1v) is 6.16. The Balaban J connectivity index is 2.28. The Kier molecular flexibility index (Phi) is 5.93. The third-order valence-corrected chi connectivity index (χ3v) is 2.82. The summed E-state index contributed by atoms with van der Waals surface area (Å²) in [6.07, 6.45) is 3.33. The van der Waals surface area contributed by atoms with Crippen LogP contribution in [0.25, 0.3) is 0 Å². The van der Waals surface area contributed by atoms with Crippen LogP contribution in [0, 0.1) is 0 Å². The summed E-state index contributed by atoms with van der Waals surface area (Å²) in [5, 5.41) is 5.54. The number of carbonyl (C=O) groups excluding carboxylic acids is 2. The summed E-state index contributed by atoms with van der Waals surface area (Å²) in [7, 11) is 0. The minimum absolute atomic E-state index is 0.243. The van der Waals surface area contributed by atoms with Gasteiger partial charge in [-0.1, -0.05) is 6.92 Å². The van der Waals surface area contributed by atoms with Gasteiger partial charge < -0.3 is 11.1 Å². The van der Waals surface area contributed by atoms with Crippen molar-refractivity contribution in [3.63, 3.8) is 0 Å². The Morgan fingerprint density at radius 1 is 1.47 bits per heavy atom. The molecule has 1 saturated heterocycles. The Bertz CT molecular complexity index is 270. The molecule has 17 heavy (non-hydrogen) atoms. The van der Waals surface area contributed by atoms with E-state index in [1.807, 2.05) is 0 Å². The molecule has 0 bridgehead atoms. The van der Waals surface area contributed by atoms with Crippen LogP contribution in [0.1, 0.15) is 26.2 Å². The zero-order chi connectivity index (χ0) is 12.7. The molecule has 6 heteroatoms. The lowest BCUT2D eigenvalue weighted by molar-refractivity contribution is -0.121. The molecule has 1 rings (SSSR count). The lowest BCUT2D eigenvalue weighted by Crippen LogP contribution is -2.50. The van der Waals surface area contributed by atoms with Gasteiger partial charge in [-0.3, -0.25) is 15.0 Å². The van der Waals surface area contributed by atoms with E-state index >= 15 is 0 Å². The second kappa shape index (κ2) is 7.24. The molecule has 0 aromatic carbocycles. The van der Waals surface area contributed by atoms with E-state index in [0.29, 0.717) is 6.04 Å². The van der Waals surface area contributed by atoms with Gasteiger partial charge in [-0.05, 0) is 32.4 Å². The number of amides is 3. The fourth-order valence-electron chi connectivity index (χ4n) is 2.09. The van der Waals surface area contributed by atoms with Crippen LogP contribution in [-0.4, -0.2) is 49.1 Å². The van der Waals surface area contributed by atoms with Crippen LogP contribution < -0.4 is 16.4 Å². The van der Waals surface area contributed by atoms with Gasteiger partial charge in [0, 0.05) is 12.6 Å². The quantitative estimate of drug-likeness (QED) is 0.614. The average Bonchev–Trinajstić information content (AvgIpc) is 2.25. The molecule has 0 saturated carbocycles. The number of hydrogen-bond acceptors (Lipinski definition) is 4. The molecule has 4 N–H and O–H groups in total. The SMILES string of the molecule is CCCNC1CCCN(CC(=O)NC(N)=O)C1. The number of nitrogens with two attached hydrogens (primary N) is 1. The van der Waals surface area contributed by atoms with E-state index in [0.717, 1.165) is 38.9 Å². The molecule has 0 aliphatic carbocycles. The van der Waals surface area contributed by atoms with Crippen molar-refractivity contribution in [2.75, 3.05) is 26.2 Å². The van der Waals surface area contributed by atoms with Gasteiger partial charge in [-0.25, -0.2) is 4.79 Å². The smallest absolute Gasteiger partial charge is 0.318 e. The molecular formula is C11H22N4O2. The number of hydrogen-bond donors (Lipinski definition) is 3. The summed E-state index contributed by atoms with van der Waals surface area (Å²) in [4.78, 5) is 23.9. The highest BCUT2D eigenvalue weighted by atomic mass is 16.2. The maximum absolute atomic E-state index is 11.4. The first kappa shape index (κ1) is 13.9. The fraction of sp³-hybridized carbons (Fsp3) is 0.818. The monoisotopic (exact) mass is 242 g/mol. The van der Waals surface area contributed by atoms with Crippen LogP contribution in [-0.2, 0) is 4.79 Å². The highest BCUT2D eigenvalue weighted by Gasteiger charge is 2.21. The highest BCUT2D eigenvalue weighted by Crippen LogP contribution is 2.09. The van der Waals surface area contributed by atoms with Gasteiger partial charge in [0.2, 0.25) is 5.91 Å². The number of likely N-dealkylation sites (tertiary alicyclic amines) is 1. The topological polar surface area (TPSA) is 87.5 Å². The predicted molar refractivity (Wildman–Crippen MR) is 65.5 cm³/mol. The van der Waals surface area contributed by atoms with Crippen LogP contribution >= 0.6 is 0 Å². The van der Waals surface area contributed by atoms with Crippen molar-refractivity contribution in [1.29, 1.82) is 0 Å². The maximum Gasteiger partial charge on any atom is 0.318 e. The van der Waals surface area contributed by atoms with Crippen LogP contribution in [0.2, 0.25) is 0 Å². The van der Waals surface area contributed by atoms with Crippen molar-refractivity contribution in [3.05, 3.63) is 0 Å². The lowest BCUT2D eigenvalue weighted by Gasteiger charge is -2.32. The molecule has 0 radical (unpaired) electrons. The molecule has 0 spiro atoms. The first-order chi connectivity index (χ1) is 8.11. The van der Waals surface area contributed by atoms with Gasteiger partial charge in [0.1, 0.15) is 0 Å². The van der Waals surface area contributed by atoms with Crippen LogP contribution in [0.15, 0.2) is 0 Å². The summed E-state index contributed by atoms with van der Waals surface area (Å²) >= 11 is 0. The van der Waals surface area contributed by atoms with E-state index < -0.39 is 6.03 Å². The number of nitrogens with one attached hydrogen (secondary N) is 2. The number of piperidine rings is 1. The zero-order valence-corrected chi connectivity index (χ0v) is 10.4. The van der Waals surface area contributed by atoms with Crippen molar-refractivity contribution in [2.24, 2.45) is 5.73 Å². The van der Waals surface area contributed by atoms with E-state index in [1.54, 1.807) is 0 Å². The number of imide groups is 1. The molecule has 0 aromatic rings. The molecule has 1 fully saturated rings. The summed E-state index contributed by atoms with van der Waals surface area (Å²) in [5.41, 5.74) is 4.89. The molecule has 0 aromatic heterocycles. The van der Waals surface area contributed by atoms with Gasteiger partial charge in [-0.2, -0.15) is 0 Å². The van der Waals surface area contributed by atoms with E-state index in [-0.39, 0.29) is 12.5 Å². The zero-order valence-electron chi connectivity index (χ0n) is 10.4. The molecule has 98 valence electrons. The third kappa shape index (κ3) is 5.65. The minimum Gasteiger partial charge on any atom is -0.351 e. The van der Waals surface area contributed by atoms with Gasteiger partial charge in [-0.15, -0.1) is 0 Å². The molecule has 1 unspecified atom stereocenters. The van der Waals surface area contributed by atoms with Crippen molar-refractivity contribution < 1.29 is 9.59 Å². The van der Waals surface area contributed by atoms with Crippen molar-refractivity contribution in [2.45, 2.75) is 32.2 Å². The molecule has 3 amide bonds. The number of primary amides is 1. The van der Waals surface area contributed by atoms with Gasteiger partial charge in [0.05, 0.1) is 6.54 Å². The second-order valence-electron chi connectivity index (χ2n) is 4.44. The number of nitrogens with zero attached hydrogens (tertiary/aromatic N) is 1. The molecule has 6 nitrogen and oxygen atoms in total. The van der Waals surface area contributed by atoms with Crippen molar-refractivity contribution in [3.8, 4) is 0 Å². The van der Waals surface area contributed by atoms with E-state index in [9.17, 15) is 9.59 Å². The summed E-state index contributed by atoms with van der Waals surface area (Å²) < 4.78 is 0. The molecular weight excluding hydrogens is 220 g/mol. The summed E-state index contributed by atoms with van der Waals surface area (Å²) in [6, 6.07) is -0.335. The van der Waals surface area contributed by atoms with Crippen LogP contribution in [0.3, 0.4) is 0 Å². The predicted octanol–water partition coefficient (Wildman–Crippen LogP) is -0.355. The second-order valence-corrected chi connectivity index (χ2v) is 4.44. The van der Waals surface area contributed by atoms with Crippen molar-refractivity contribution >= 4 is 11.9 Å². The van der Waals surface area contributed by atoms with E-state index in [2.05, 4.69) is 22.5 Å². The Hall–Kier alpha value is -1.14. The molecule has 1 aliphatic rings. The summed E-state index contributed by atoms with van der Waals surface area (Å²) in [6.45, 7) is 5.13. The van der Waals surface area contributed by atoms with Gasteiger partial charge >= 0.3 is 6.03 Å². The number of carbonyl (C=O) groups is 2. The average molecular weight is 242 g/mol. The molecule has 1 aliphatic heterocycles. The van der Waals surface area contributed by atoms with E-state index in [4.69, 9.17) is 5.73 Å². The Morgan fingerprint density at radius 2 is 2.24 bits per heavy atom. The van der Waals surface area contributed by atoms with Crippen LogP contribution in [0.5, 0.6) is 0 Å². The van der Waals surface area contributed by atoms with E-state index in [1.165, 1.54) is 0 Å². The Labute approximate surface area is 102 Å². The molecule has 1 atom stereocenters. The maximum atomic E-state index is 11.4. The van der Waals surface area contributed by atoms with Crippen LogP contribution in [0.4, 0.5) is 4.79 Å². The third-order valence-electron chi connectivity index (χ3n) is 2.82. The van der Waals surface area contributed by atoms with Crippen molar-refractivity contribution in [1.82, 2.24) is 15.5 Å². The fourth-order valence-corrected chi connectivity index (χ4v) is 2.09. The first-order valence-electron chi connectivity index (χ1n) is 6.16. The van der Waals surface area contributed by atoms with Gasteiger partial charge in [0.15, 0.2) is 0 Å². The van der Waals surface area contributed by atoms with Gasteiger partial charge in [0.25, 0.3) is 0 Å². The number of urea groups is 1. The Morgan fingerprint density at radius 3 is 2.88 bits per heavy atom.